The molecule has 10 nitrogen and oxygen atoms in total. The Bertz CT molecular complexity index is 1380. The molecule has 0 unspecified atom stereocenters. The van der Waals surface area contributed by atoms with Crippen LogP contribution in [0.4, 0.5) is 27.7 Å². The molecule has 4 aromatic rings. The van der Waals surface area contributed by atoms with Crippen molar-refractivity contribution in [1.82, 2.24) is 29.6 Å². The SMILES string of the molecule is CN1CCN(c2ncn(-c3ccc(Nc4ncc(F)c(-c5cccc(N6CCOCC6)c5)n4)cc3)n2)CC1. The average Bonchev–Trinajstić information content (AvgIpc) is 3.46. The first kappa shape index (κ1) is 24.3. The van der Waals surface area contributed by atoms with Crippen LogP contribution >= 0.6 is 0 Å². The average molecular weight is 516 g/mol. The van der Waals surface area contributed by atoms with Gasteiger partial charge in [0.1, 0.15) is 12.0 Å². The first-order chi connectivity index (χ1) is 18.6. The van der Waals surface area contributed by atoms with E-state index >= 15 is 0 Å². The Kier molecular flexibility index (Phi) is 6.84. The van der Waals surface area contributed by atoms with Crippen LogP contribution in [0.15, 0.2) is 61.1 Å². The van der Waals surface area contributed by atoms with E-state index in [4.69, 9.17) is 4.74 Å². The normalized spacial score (nSPS) is 16.6. The summed E-state index contributed by atoms with van der Waals surface area (Å²) in [6.45, 7) is 6.83. The van der Waals surface area contributed by atoms with Gasteiger partial charge in [-0.3, -0.25) is 0 Å². The van der Waals surface area contributed by atoms with Crippen molar-refractivity contribution in [2.45, 2.75) is 0 Å². The van der Waals surface area contributed by atoms with Crippen molar-refractivity contribution in [3.05, 3.63) is 66.9 Å². The van der Waals surface area contributed by atoms with Gasteiger partial charge in [-0.25, -0.2) is 19.0 Å². The van der Waals surface area contributed by atoms with Crippen molar-refractivity contribution in [3.8, 4) is 16.9 Å². The number of likely N-dealkylation sites (N-methyl/N-ethyl adjacent to an activating group) is 1. The Morgan fingerprint density at radius 2 is 1.66 bits per heavy atom. The molecule has 6 rings (SSSR count). The lowest BCUT2D eigenvalue weighted by Crippen LogP contribution is -2.45. The van der Waals surface area contributed by atoms with Gasteiger partial charge >= 0.3 is 0 Å². The van der Waals surface area contributed by atoms with Gasteiger partial charge in [0.15, 0.2) is 5.82 Å². The Morgan fingerprint density at radius 3 is 2.45 bits per heavy atom. The zero-order chi connectivity index (χ0) is 25.9. The van der Waals surface area contributed by atoms with Gasteiger partial charge in [0.2, 0.25) is 11.9 Å². The first-order valence-electron chi connectivity index (χ1n) is 12.8. The standard InChI is InChI=1S/C27H30FN9O/c1-34-9-11-36(12-10-34)27-30-19-37(33-27)22-7-5-21(6-8-22)31-26-29-18-24(28)25(32-26)20-3-2-4-23(17-20)35-13-15-38-16-14-35/h2-8,17-19H,9-16H2,1H3,(H,29,31,32). The van der Waals surface area contributed by atoms with Crippen molar-refractivity contribution in [2.24, 2.45) is 0 Å². The molecule has 2 aromatic heterocycles. The molecule has 0 radical (unpaired) electrons. The molecule has 2 fully saturated rings. The molecule has 2 aliphatic rings. The van der Waals surface area contributed by atoms with Crippen LogP contribution in [0, 0.1) is 5.82 Å². The highest BCUT2D eigenvalue weighted by Gasteiger charge is 2.18. The van der Waals surface area contributed by atoms with E-state index < -0.39 is 5.82 Å². The number of nitrogens with one attached hydrogen (secondary N) is 1. The lowest BCUT2D eigenvalue weighted by Gasteiger charge is -2.31. The monoisotopic (exact) mass is 515 g/mol. The molecule has 2 aliphatic heterocycles. The zero-order valence-electron chi connectivity index (χ0n) is 21.3. The molecule has 11 heteroatoms. The maximum Gasteiger partial charge on any atom is 0.245 e. The van der Waals surface area contributed by atoms with Crippen LogP contribution in [0.5, 0.6) is 0 Å². The van der Waals surface area contributed by atoms with Crippen molar-refractivity contribution in [3.63, 3.8) is 0 Å². The number of piperazine rings is 1. The van der Waals surface area contributed by atoms with E-state index in [1.54, 1.807) is 11.0 Å². The molecule has 2 aromatic carbocycles. The van der Waals surface area contributed by atoms with Gasteiger partial charge in [0.25, 0.3) is 0 Å². The number of hydrogen-bond acceptors (Lipinski definition) is 9. The van der Waals surface area contributed by atoms with Crippen LogP contribution in [0.3, 0.4) is 0 Å². The van der Waals surface area contributed by atoms with Crippen LogP contribution in [0.25, 0.3) is 16.9 Å². The largest absolute Gasteiger partial charge is 0.378 e. The van der Waals surface area contributed by atoms with Gasteiger partial charge < -0.3 is 24.8 Å². The minimum absolute atomic E-state index is 0.258. The first-order valence-corrected chi connectivity index (χ1v) is 12.8. The number of ether oxygens (including phenoxy) is 1. The molecule has 38 heavy (non-hydrogen) atoms. The van der Waals surface area contributed by atoms with E-state index in [1.807, 2.05) is 48.5 Å². The van der Waals surface area contributed by atoms with E-state index in [2.05, 4.69) is 47.1 Å². The summed E-state index contributed by atoms with van der Waals surface area (Å²) in [4.78, 5) is 19.9. The van der Waals surface area contributed by atoms with Gasteiger partial charge in [-0.15, -0.1) is 5.10 Å². The number of benzene rings is 2. The minimum atomic E-state index is -0.465. The minimum Gasteiger partial charge on any atom is -0.378 e. The van der Waals surface area contributed by atoms with Crippen molar-refractivity contribution >= 4 is 23.3 Å². The summed E-state index contributed by atoms with van der Waals surface area (Å²) in [5.74, 6) is 0.599. The number of aromatic nitrogens is 5. The lowest BCUT2D eigenvalue weighted by molar-refractivity contribution is 0.122. The predicted molar refractivity (Wildman–Crippen MR) is 145 cm³/mol. The molecule has 0 bridgehead atoms. The van der Waals surface area contributed by atoms with E-state index in [1.165, 1.54) is 6.20 Å². The molecular weight excluding hydrogens is 485 g/mol. The van der Waals surface area contributed by atoms with Gasteiger partial charge in [-0.1, -0.05) is 12.1 Å². The number of morpholine rings is 1. The molecule has 4 heterocycles. The van der Waals surface area contributed by atoms with Crippen LogP contribution in [0.1, 0.15) is 0 Å². The second-order valence-electron chi connectivity index (χ2n) is 9.49. The van der Waals surface area contributed by atoms with Gasteiger partial charge in [0.05, 0.1) is 25.1 Å². The molecule has 0 spiro atoms. The second kappa shape index (κ2) is 10.7. The quantitative estimate of drug-likeness (QED) is 0.416. The molecular formula is C27H30FN9O. The van der Waals surface area contributed by atoms with Crippen LogP contribution < -0.4 is 15.1 Å². The van der Waals surface area contributed by atoms with E-state index in [9.17, 15) is 4.39 Å². The molecule has 0 amide bonds. The van der Waals surface area contributed by atoms with Crippen LogP contribution in [0.2, 0.25) is 0 Å². The molecule has 2 saturated heterocycles. The number of halogens is 1. The van der Waals surface area contributed by atoms with Crippen molar-refractivity contribution < 1.29 is 9.13 Å². The Labute approximate surface area is 220 Å². The zero-order valence-corrected chi connectivity index (χ0v) is 21.3. The molecule has 0 aliphatic carbocycles. The second-order valence-corrected chi connectivity index (χ2v) is 9.49. The van der Waals surface area contributed by atoms with Crippen LogP contribution in [-0.2, 0) is 4.74 Å². The van der Waals surface area contributed by atoms with Crippen LogP contribution in [-0.4, -0.2) is 89.2 Å². The number of rotatable bonds is 6. The fourth-order valence-electron chi connectivity index (χ4n) is 4.66. The van der Waals surface area contributed by atoms with Gasteiger partial charge in [-0.2, -0.15) is 4.98 Å². The Balaban J connectivity index is 1.16. The fourth-order valence-corrected chi connectivity index (χ4v) is 4.66. The summed E-state index contributed by atoms with van der Waals surface area (Å²) in [5, 5.41) is 7.84. The smallest absolute Gasteiger partial charge is 0.245 e. The predicted octanol–water partition coefficient (Wildman–Crippen LogP) is 3.20. The molecule has 0 atom stereocenters. The highest BCUT2D eigenvalue weighted by molar-refractivity contribution is 5.67. The third kappa shape index (κ3) is 5.29. The highest BCUT2D eigenvalue weighted by atomic mass is 19.1. The summed E-state index contributed by atoms with van der Waals surface area (Å²) < 4.78 is 22.0. The number of anilines is 4. The van der Waals surface area contributed by atoms with E-state index in [0.29, 0.717) is 24.7 Å². The molecule has 196 valence electrons. The summed E-state index contributed by atoms with van der Waals surface area (Å²) >= 11 is 0. The van der Waals surface area contributed by atoms with Gasteiger partial charge in [0, 0.05) is 56.2 Å². The number of nitrogens with zero attached hydrogens (tertiary/aromatic N) is 8. The third-order valence-electron chi connectivity index (χ3n) is 6.89. The Hall–Kier alpha value is -4.09. The summed E-state index contributed by atoms with van der Waals surface area (Å²) in [5.41, 5.74) is 3.66. The topological polar surface area (TPSA) is 87.5 Å². The fraction of sp³-hybridized carbons (Fsp3) is 0.333. The third-order valence-corrected chi connectivity index (χ3v) is 6.89. The van der Waals surface area contributed by atoms with E-state index in [-0.39, 0.29) is 5.69 Å². The van der Waals surface area contributed by atoms with E-state index in [0.717, 1.165) is 62.3 Å². The summed E-state index contributed by atoms with van der Waals surface area (Å²) in [7, 11) is 2.13. The summed E-state index contributed by atoms with van der Waals surface area (Å²) in [6.07, 6.45) is 2.94. The lowest BCUT2D eigenvalue weighted by atomic mass is 10.1. The Morgan fingerprint density at radius 1 is 0.868 bits per heavy atom. The van der Waals surface area contributed by atoms with Gasteiger partial charge in [-0.05, 0) is 43.4 Å². The summed E-state index contributed by atoms with van der Waals surface area (Å²) in [6, 6.07) is 15.5. The highest BCUT2D eigenvalue weighted by Crippen LogP contribution is 2.27. The number of hydrogen-bond donors (Lipinski definition) is 1. The maximum atomic E-state index is 14.8. The molecule has 1 N–H and O–H groups in total. The van der Waals surface area contributed by atoms with Crippen molar-refractivity contribution in [2.75, 3.05) is 74.6 Å². The molecule has 0 saturated carbocycles. The van der Waals surface area contributed by atoms with Crippen molar-refractivity contribution in [1.29, 1.82) is 0 Å². The maximum absolute atomic E-state index is 14.8.